The molecule has 8 heteroatoms. The van der Waals surface area contributed by atoms with E-state index >= 15 is 0 Å². The van der Waals surface area contributed by atoms with E-state index in [1.165, 1.54) is 0 Å². The maximum Gasteiger partial charge on any atom is 0.322 e. The van der Waals surface area contributed by atoms with E-state index in [4.69, 9.17) is 0 Å². The van der Waals surface area contributed by atoms with Gasteiger partial charge in [-0.2, -0.15) is 0 Å². The van der Waals surface area contributed by atoms with Crippen molar-refractivity contribution in [1.82, 2.24) is 29.2 Å². The SMILES string of the molecule is Cn1ccnc1CN(C(=O)Nc1ccc(-c2nncn2C)cc1)C1CC1. The van der Waals surface area contributed by atoms with Gasteiger partial charge < -0.3 is 19.4 Å². The van der Waals surface area contributed by atoms with E-state index in [1.807, 2.05) is 58.6 Å². The van der Waals surface area contributed by atoms with Crippen molar-refractivity contribution in [3.63, 3.8) is 0 Å². The summed E-state index contributed by atoms with van der Waals surface area (Å²) in [6.45, 7) is 0.511. The van der Waals surface area contributed by atoms with Crippen LogP contribution in [0.4, 0.5) is 10.5 Å². The fraction of sp³-hybridized carbons (Fsp3) is 0.333. The molecule has 3 aromatic rings. The minimum absolute atomic E-state index is 0.0955. The molecule has 0 saturated heterocycles. The van der Waals surface area contributed by atoms with E-state index in [1.54, 1.807) is 12.5 Å². The fourth-order valence-corrected chi connectivity index (χ4v) is 2.90. The van der Waals surface area contributed by atoms with Crippen molar-refractivity contribution in [3.05, 3.63) is 48.8 Å². The summed E-state index contributed by atoms with van der Waals surface area (Å²) in [5.74, 6) is 1.67. The molecule has 4 rings (SSSR count). The molecule has 134 valence electrons. The van der Waals surface area contributed by atoms with E-state index in [9.17, 15) is 4.79 Å². The molecule has 0 atom stereocenters. The number of rotatable bonds is 5. The molecule has 1 aromatic carbocycles. The van der Waals surface area contributed by atoms with Gasteiger partial charge in [0.1, 0.15) is 12.2 Å². The van der Waals surface area contributed by atoms with Crippen molar-refractivity contribution in [3.8, 4) is 11.4 Å². The van der Waals surface area contributed by atoms with Gasteiger partial charge in [0.05, 0.1) is 6.54 Å². The Labute approximate surface area is 151 Å². The Kier molecular flexibility index (Phi) is 4.16. The fourth-order valence-electron chi connectivity index (χ4n) is 2.90. The smallest absolute Gasteiger partial charge is 0.322 e. The number of carbonyl (C=O) groups excluding carboxylic acids is 1. The summed E-state index contributed by atoms with van der Waals surface area (Å²) in [5.41, 5.74) is 1.71. The maximum absolute atomic E-state index is 12.8. The molecule has 2 aromatic heterocycles. The topological polar surface area (TPSA) is 80.9 Å². The number of hydrogen-bond donors (Lipinski definition) is 1. The lowest BCUT2D eigenvalue weighted by molar-refractivity contribution is 0.204. The van der Waals surface area contributed by atoms with Crippen LogP contribution in [0, 0.1) is 0 Å². The number of imidazole rings is 1. The monoisotopic (exact) mass is 351 g/mol. The van der Waals surface area contributed by atoms with Crippen molar-refractivity contribution >= 4 is 11.7 Å². The standard InChI is InChI=1S/C18H21N7O/c1-23-10-9-19-16(23)11-25(15-7-8-15)18(26)21-14-5-3-13(4-6-14)17-22-20-12-24(17)2/h3-6,9-10,12,15H,7-8,11H2,1-2H3,(H,21,26). The number of aryl methyl sites for hydroxylation is 2. The molecule has 2 amide bonds. The number of hydrogen-bond acceptors (Lipinski definition) is 4. The van der Waals surface area contributed by atoms with Gasteiger partial charge >= 0.3 is 6.03 Å². The second-order valence-corrected chi connectivity index (χ2v) is 6.59. The third kappa shape index (κ3) is 3.30. The summed E-state index contributed by atoms with van der Waals surface area (Å²) in [6.07, 6.45) is 7.40. The highest BCUT2D eigenvalue weighted by atomic mass is 16.2. The molecule has 0 radical (unpaired) electrons. The predicted octanol–water partition coefficient (Wildman–Crippen LogP) is 2.41. The minimum Gasteiger partial charge on any atom is -0.337 e. The first-order valence-electron chi connectivity index (χ1n) is 8.60. The van der Waals surface area contributed by atoms with E-state index < -0.39 is 0 Å². The first-order chi connectivity index (χ1) is 12.6. The number of anilines is 1. The van der Waals surface area contributed by atoms with Gasteiger partial charge in [0.15, 0.2) is 5.82 Å². The van der Waals surface area contributed by atoms with E-state index in [0.717, 1.165) is 35.7 Å². The quantitative estimate of drug-likeness (QED) is 0.765. The van der Waals surface area contributed by atoms with Gasteiger partial charge in [-0.25, -0.2) is 9.78 Å². The molecule has 1 aliphatic rings. The van der Waals surface area contributed by atoms with Crippen LogP contribution in [0.2, 0.25) is 0 Å². The second-order valence-electron chi connectivity index (χ2n) is 6.59. The first kappa shape index (κ1) is 16.3. The highest BCUT2D eigenvalue weighted by Gasteiger charge is 2.33. The molecule has 26 heavy (non-hydrogen) atoms. The normalized spacial score (nSPS) is 13.6. The number of nitrogens with one attached hydrogen (secondary N) is 1. The van der Waals surface area contributed by atoms with Crippen molar-refractivity contribution < 1.29 is 4.79 Å². The van der Waals surface area contributed by atoms with Gasteiger partial charge in [-0.3, -0.25) is 0 Å². The number of aromatic nitrogens is 5. The van der Waals surface area contributed by atoms with Gasteiger partial charge in [-0.1, -0.05) is 0 Å². The van der Waals surface area contributed by atoms with Crippen molar-refractivity contribution in [2.24, 2.45) is 14.1 Å². The lowest BCUT2D eigenvalue weighted by Crippen LogP contribution is -2.37. The number of urea groups is 1. The number of benzene rings is 1. The molecule has 2 heterocycles. The molecule has 1 N–H and O–H groups in total. The van der Waals surface area contributed by atoms with Crippen LogP contribution in [-0.4, -0.2) is 41.3 Å². The molecule has 0 aliphatic heterocycles. The number of carbonyl (C=O) groups is 1. The number of nitrogens with zero attached hydrogens (tertiary/aromatic N) is 6. The summed E-state index contributed by atoms with van der Waals surface area (Å²) in [6, 6.07) is 7.83. The summed E-state index contributed by atoms with van der Waals surface area (Å²) in [5, 5.41) is 11.0. The average Bonchev–Trinajstić information content (AvgIpc) is 3.26. The van der Waals surface area contributed by atoms with Crippen LogP contribution in [0.15, 0.2) is 43.0 Å². The minimum atomic E-state index is -0.0955. The second kappa shape index (κ2) is 6.62. The molecule has 8 nitrogen and oxygen atoms in total. The molecule has 0 unspecified atom stereocenters. The zero-order valence-corrected chi connectivity index (χ0v) is 14.8. The molecule has 0 bridgehead atoms. The van der Waals surface area contributed by atoms with E-state index in [0.29, 0.717) is 12.6 Å². The van der Waals surface area contributed by atoms with Gasteiger partial charge in [-0.15, -0.1) is 10.2 Å². The van der Waals surface area contributed by atoms with Gasteiger partial charge in [0, 0.05) is 43.8 Å². The third-order valence-electron chi connectivity index (χ3n) is 4.59. The Morgan fingerprint density at radius 3 is 2.58 bits per heavy atom. The number of amides is 2. The van der Waals surface area contributed by atoms with Crippen molar-refractivity contribution in [2.45, 2.75) is 25.4 Å². The van der Waals surface area contributed by atoms with Gasteiger partial charge in [-0.05, 0) is 37.1 Å². The molecule has 1 saturated carbocycles. The molecular weight excluding hydrogens is 330 g/mol. The Hall–Kier alpha value is -3.16. The van der Waals surface area contributed by atoms with Crippen LogP contribution >= 0.6 is 0 Å². The molecule has 1 fully saturated rings. The summed E-state index contributed by atoms with van der Waals surface area (Å²) in [7, 11) is 3.84. The Morgan fingerprint density at radius 2 is 2.00 bits per heavy atom. The summed E-state index contributed by atoms with van der Waals surface area (Å²) >= 11 is 0. The molecular formula is C18H21N7O. The highest BCUT2D eigenvalue weighted by molar-refractivity contribution is 5.90. The first-order valence-corrected chi connectivity index (χ1v) is 8.60. The van der Waals surface area contributed by atoms with Gasteiger partial charge in [0.2, 0.25) is 0 Å². The molecule has 0 spiro atoms. The van der Waals surface area contributed by atoms with Crippen LogP contribution in [0.5, 0.6) is 0 Å². The maximum atomic E-state index is 12.8. The largest absolute Gasteiger partial charge is 0.337 e. The van der Waals surface area contributed by atoms with Crippen molar-refractivity contribution in [1.29, 1.82) is 0 Å². The summed E-state index contributed by atoms with van der Waals surface area (Å²) in [4.78, 5) is 18.9. The van der Waals surface area contributed by atoms with Crippen LogP contribution in [0.25, 0.3) is 11.4 Å². The van der Waals surface area contributed by atoms with Crippen LogP contribution < -0.4 is 5.32 Å². The zero-order valence-electron chi connectivity index (χ0n) is 14.8. The van der Waals surface area contributed by atoms with Gasteiger partial charge in [0.25, 0.3) is 0 Å². The lowest BCUT2D eigenvalue weighted by Gasteiger charge is -2.22. The van der Waals surface area contributed by atoms with Crippen molar-refractivity contribution in [2.75, 3.05) is 5.32 Å². The van der Waals surface area contributed by atoms with E-state index in [2.05, 4.69) is 20.5 Å². The average molecular weight is 351 g/mol. The Balaban J connectivity index is 1.46. The van der Waals surface area contributed by atoms with Crippen LogP contribution in [-0.2, 0) is 20.6 Å². The Bertz CT molecular complexity index is 908. The Morgan fingerprint density at radius 1 is 1.23 bits per heavy atom. The van der Waals surface area contributed by atoms with Crippen LogP contribution in [0.3, 0.4) is 0 Å². The summed E-state index contributed by atoms with van der Waals surface area (Å²) < 4.78 is 3.80. The molecule has 1 aliphatic carbocycles. The lowest BCUT2D eigenvalue weighted by atomic mass is 10.2. The zero-order chi connectivity index (χ0) is 18.1. The predicted molar refractivity (Wildman–Crippen MR) is 97.2 cm³/mol. The third-order valence-corrected chi connectivity index (χ3v) is 4.59. The van der Waals surface area contributed by atoms with Crippen LogP contribution in [0.1, 0.15) is 18.7 Å². The highest BCUT2D eigenvalue weighted by Crippen LogP contribution is 2.29. The van der Waals surface area contributed by atoms with E-state index in [-0.39, 0.29) is 6.03 Å².